The molecule has 0 fully saturated rings. The fourth-order valence-corrected chi connectivity index (χ4v) is 2.90. The molecule has 2 aromatic rings. The zero-order valence-corrected chi connectivity index (χ0v) is 13.6. The first-order valence-corrected chi connectivity index (χ1v) is 7.82. The summed E-state index contributed by atoms with van der Waals surface area (Å²) in [4.78, 5) is 4.75. The third kappa shape index (κ3) is 3.63. The van der Waals surface area contributed by atoms with Crippen molar-refractivity contribution in [1.82, 2.24) is 14.9 Å². The van der Waals surface area contributed by atoms with E-state index in [1.165, 1.54) is 0 Å². The minimum absolute atomic E-state index is 0.100. The lowest BCUT2D eigenvalue weighted by Gasteiger charge is -2.32. The molecule has 116 valence electrons. The zero-order valence-electron chi connectivity index (χ0n) is 13.6. The highest BCUT2D eigenvalue weighted by Gasteiger charge is 2.26. The van der Waals surface area contributed by atoms with Gasteiger partial charge in [0.1, 0.15) is 5.82 Å². The number of fused-ring (bicyclic) bond motifs is 1. The maximum absolute atomic E-state index is 9.83. The summed E-state index contributed by atoms with van der Waals surface area (Å²) in [6, 6.07) is 8.55. The fourth-order valence-electron chi connectivity index (χ4n) is 2.90. The van der Waals surface area contributed by atoms with Crippen LogP contribution in [0.3, 0.4) is 0 Å². The Labute approximate surface area is 127 Å². The van der Waals surface area contributed by atoms with Crippen LogP contribution in [0.2, 0.25) is 0 Å². The summed E-state index contributed by atoms with van der Waals surface area (Å²) in [6.45, 7) is 9.26. The number of imidazole rings is 1. The summed E-state index contributed by atoms with van der Waals surface area (Å²) in [7, 11) is 0. The number of nitrogens with one attached hydrogen (secondary N) is 1. The molecule has 1 unspecified atom stereocenters. The number of rotatable bonds is 7. The maximum Gasteiger partial charge on any atom is 0.109 e. The van der Waals surface area contributed by atoms with E-state index < -0.39 is 0 Å². The van der Waals surface area contributed by atoms with Crippen molar-refractivity contribution in [1.29, 1.82) is 0 Å². The number of aliphatic hydroxyl groups excluding tert-OH is 1. The Hall–Kier alpha value is -1.39. The molecule has 0 aliphatic carbocycles. The lowest BCUT2D eigenvalue weighted by atomic mass is 10.0. The topological polar surface area (TPSA) is 50.1 Å². The van der Waals surface area contributed by atoms with E-state index in [0.717, 1.165) is 36.2 Å². The molecule has 0 radical (unpaired) electrons. The highest BCUT2D eigenvalue weighted by atomic mass is 16.3. The van der Waals surface area contributed by atoms with Crippen LogP contribution in [-0.4, -0.2) is 32.8 Å². The van der Waals surface area contributed by atoms with Crippen LogP contribution in [0.25, 0.3) is 11.0 Å². The van der Waals surface area contributed by atoms with Gasteiger partial charge in [-0.15, -0.1) is 0 Å². The molecule has 1 atom stereocenters. The van der Waals surface area contributed by atoms with Gasteiger partial charge in [-0.05, 0) is 25.5 Å². The summed E-state index contributed by atoms with van der Waals surface area (Å²) in [5, 5.41) is 13.3. The van der Waals surface area contributed by atoms with Crippen molar-refractivity contribution in [3.8, 4) is 0 Å². The number of aryl methyl sites for hydroxylation is 1. The van der Waals surface area contributed by atoms with Gasteiger partial charge in [-0.3, -0.25) is 0 Å². The van der Waals surface area contributed by atoms with E-state index in [4.69, 9.17) is 4.98 Å². The van der Waals surface area contributed by atoms with E-state index in [9.17, 15) is 5.11 Å². The van der Waals surface area contributed by atoms with Crippen LogP contribution in [0.15, 0.2) is 24.3 Å². The van der Waals surface area contributed by atoms with E-state index in [2.05, 4.69) is 49.7 Å². The summed E-state index contributed by atoms with van der Waals surface area (Å²) >= 11 is 0. The van der Waals surface area contributed by atoms with Gasteiger partial charge in [0.2, 0.25) is 0 Å². The molecule has 2 N–H and O–H groups in total. The van der Waals surface area contributed by atoms with Gasteiger partial charge < -0.3 is 15.0 Å². The van der Waals surface area contributed by atoms with Gasteiger partial charge in [0.15, 0.2) is 0 Å². The summed E-state index contributed by atoms with van der Waals surface area (Å²) in [6.07, 6.45) is 2.02. The van der Waals surface area contributed by atoms with Crippen LogP contribution < -0.4 is 5.32 Å². The Morgan fingerprint density at radius 3 is 2.67 bits per heavy atom. The van der Waals surface area contributed by atoms with Crippen LogP contribution in [0.4, 0.5) is 0 Å². The predicted molar refractivity (Wildman–Crippen MR) is 87.5 cm³/mol. The average Bonchev–Trinajstić information content (AvgIpc) is 2.76. The van der Waals surface area contributed by atoms with E-state index in [0.29, 0.717) is 6.04 Å². The standard InChI is InChI=1S/C17H27N3O/c1-5-8-16-18-14-9-6-7-10-15(14)20(16)11-17(4,12-21)19-13(2)3/h6-7,9-10,13,19,21H,5,8,11-12H2,1-4H3. The van der Waals surface area contributed by atoms with Crippen molar-refractivity contribution in [3.63, 3.8) is 0 Å². The second-order valence-corrected chi connectivity index (χ2v) is 6.37. The van der Waals surface area contributed by atoms with Gasteiger partial charge in [0, 0.05) is 19.0 Å². The monoisotopic (exact) mass is 289 g/mol. The first-order valence-electron chi connectivity index (χ1n) is 7.82. The SMILES string of the molecule is CCCc1nc2ccccc2n1CC(C)(CO)NC(C)C. The number of aromatic nitrogens is 2. The minimum atomic E-state index is -0.347. The molecule has 21 heavy (non-hydrogen) atoms. The largest absolute Gasteiger partial charge is 0.394 e. The molecule has 1 aromatic carbocycles. The molecule has 1 aromatic heterocycles. The van der Waals surface area contributed by atoms with Crippen molar-refractivity contribution in [2.45, 2.75) is 58.7 Å². The molecule has 0 saturated heterocycles. The molecule has 4 heteroatoms. The zero-order chi connectivity index (χ0) is 15.5. The molecular weight excluding hydrogens is 262 g/mol. The molecule has 1 heterocycles. The van der Waals surface area contributed by atoms with Crippen molar-refractivity contribution >= 4 is 11.0 Å². The van der Waals surface area contributed by atoms with Crippen LogP contribution in [0.1, 0.15) is 39.9 Å². The molecule has 4 nitrogen and oxygen atoms in total. The number of para-hydroxylation sites is 2. The Morgan fingerprint density at radius 2 is 2.05 bits per heavy atom. The first-order chi connectivity index (χ1) is 9.99. The van der Waals surface area contributed by atoms with Gasteiger partial charge in [0.05, 0.1) is 23.2 Å². The molecule has 0 aliphatic rings. The number of benzene rings is 1. The van der Waals surface area contributed by atoms with E-state index in [-0.39, 0.29) is 12.1 Å². The number of nitrogens with zero attached hydrogens (tertiary/aromatic N) is 2. The average molecular weight is 289 g/mol. The smallest absolute Gasteiger partial charge is 0.109 e. The Morgan fingerprint density at radius 1 is 1.33 bits per heavy atom. The number of aliphatic hydroxyl groups is 1. The van der Waals surface area contributed by atoms with Crippen LogP contribution in [0, 0.1) is 0 Å². The summed E-state index contributed by atoms with van der Waals surface area (Å²) < 4.78 is 2.25. The summed E-state index contributed by atoms with van der Waals surface area (Å²) in [5.74, 6) is 1.10. The highest BCUT2D eigenvalue weighted by molar-refractivity contribution is 5.75. The number of hydrogen-bond donors (Lipinski definition) is 2. The second kappa shape index (κ2) is 6.58. The molecule has 0 amide bonds. The molecular formula is C17H27N3O. The van der Waals surface area contributed by atoms with Crippen molar-refractivity contribution in [2.75, 3.05) is 6.61 Å². The summed E-state index contributed by atoms with van der Waals surface area (Å²) in [5.41, 5.74) is 1.83. The Balaban J connectivity index is 2.41. The highest BCUT2D eigenvalue weighted by Crippen LogP contribution is 2.20. The lowest BCUT2D eigenvalue weighted by Crippen LogP contribution is -2.52. The van der Waals surface area contributed by atoms with Gasteiger partial charge in [-0.1, -0.05) is 32.9 Å². The van der Waals surface area contributed by atoms with Gasteiger partial charge >= 0.3 is 0 Å². The van der Waals surface area contributed by atoms with Gasteiger partial charge in [0.25, 0.3) is 0 Å². The van der Waals surface area contributed by atoms with Crippen molar-refractivity contribution in [2.24, 2.45) is 0 Å². The quantitative estimate of drug-likeness (QED) is 0.824. The van der Waals surface area contributed by atoms with E-state index in [1.807, 2.05) is 12.1 Å². The maximum atomic E-state index is 9.83. The van der Waals surface area contributed by atoms with Crippen LogP contribution in [0.5, 0.6) is 0 Å². The minimum Gasteiger partial charge on any atom is -0.394 e. The second-order valence-electron chi connectivity index (χ2n) is 6.37. The Kier molecular flexibility index (Phi) is 5.01. The third-order valence-corrected chi connectivity index (χ3v) is 3.70. The van der Waals surface area contributed by atoms with Gasteiger partial charge in [-0.2, -0.15) is 0 Å². The first kappa shape index (κ1) is 16.0. The molecule has 0 saturated carbocycles. The van der Waals surface area contributed by atoms with Crippen LogP contribution in [-0.2, 0) is 13.0 Å². The molecule has 2 rings (SSSR count). The predicted octanol–water partition coefficient (Wildman–Crippen LogP) is 2.74. The normalized spacial score (nSPS) is 14.8. The third-order valence-electron chi connectivity index (χ3n) is 3.70. The van der Waals surface area contributed by atoms with Crippen molar-refractivity contribution in [3.05, 3.63) is 30.1 Å². The fraction of sp³-hybridized carbons (Fsp3) is 0.588. The van der Waals surface area contributed by atoms with Gasteiger partial charge in [-0.25, -0.2) is 4.98 Å². The van der Waals surface area contributed by atoms with Crippen molar-refractivity contribution < 1.29 is 5.11 Å². The molecule has 0 spiro atoms. The Bertz CT molecular complexity index is 591. The molecule has 0 aliphatic heterocycles. The number of hydrogen-bond acceptors (Lipinski definition) is 3. The van der Waals surface area contributed by atoms with E-state index >= 15 is 0 Å². The lowest BCUT2D eigenvalue weighted by molar-refractivity contribution is 0.148. The van der Waals surface area contributed by atoms with E-state index in [1.54, 1.807) is 0 Å². The van der Waals surface area contributed by atoms with Crippen LogP contribution >= 0.6 is 0 Å². The molecule has 0 bridgehead atoms.